The summed E-state index contributed by atoms with van der Waals surface area (Å²) in [4.78, 5) is 7.65. The van der Waals surface area contributed by atoms with Crippen LogP contribution in [0.2, 0.25) is 0 Å². The van der Waals surface area contributed by atoms with Crippen LogP contribution in [0.4, 0.5) is 0 Å². The van der Waals surface area contributed by atoms with E-state index in [1.807, 2.05) is 6.21 Å². The molecule has 0 bridgehead atoms. The molecule has 2 rings (SSSR count). The Hall–Kier alpha value is -0.740. The summed E-state index contributed by atoms with van der Waals surface area (Å²) < 4.78 is 0. The minimum atomic E-state index is 0.204. The summed E-state index contributed by atoms with van der Waals surface area (Å²) in [7, 11) is 0. The van der Waals surface area contributed by atoms with Crippen molar-refractivity contribution < 1.29 is 4.99 Å². The van der Waals surface area contributed by atoms with Gasteiger partial charge in [-0.1, -0.05) is 0 Å². The molecule has 0 amide bonds. The molecule has 2 aliphatic heterocycles. The van der Waals surface area contributed by atoms with E-state index in [4.69, 9.17) is 0 Å². The summed E-state index contributed by atoms with van der Waals surface area (Å²) in [5, 5.41) is 6.72. The smallest absolute Gasteiger partial charge is 0.240 e. The summed E-state index contributed by atoms with van der Waals surface area (Å²) in [6, 6.07) is 0. The molecule has 4 heteroatoms. The molecule has 2 unspecified atom stereocenters. The molecule has 3 N–H and O–H groups in total. The van der Waals surface area contributed by atoms with Gasteiger partial charge in [-0.15, -0.1) is 0 Å². The van der Waals surface area contributed by atoms with Gasteiger partial charge >= 0.3 is 0 Å². The van der Waals surface area contributed by atoms with Crippen LogP contribution in [0.5, 0.6) is 0 Å². The van der Waals surface area contributed by atoms with Crippen LogP contribution in [-0.2, 0) is 0 Å². The van der Waals surface area contributed by atoms with E-state index < -0.39 is 0 Å². The Balaban J connectivity index is 1.97. The van der Waals surface area contributed by atoms with Crippen LogP contribution < -0.4 is 15.6 Å². The fourth-order valence-corrected chi connectivity index (χ4v) is 1.52. The van der Waals surface area contributed by atoms with Crippen molar-refractivity contribution in [2.75, 3.05) is 13.1 Å². The van der Waals surface area contributed by atoms with Crippen LogP contribution in [-0.4, -0.2) is 37.9 Å². The lowest BCUT2D eigenvalue weighted by atomic mass is 10.2. The zero-order valence-corrected chi connectivity index (χ0v) is 7.09. The molecule has 12 heavy (non-hydrogen) atoms. The van der Waals surface area contributed by atoms with Crippen molar-refractivity contribution in [1.29, 1.82) is 0 Å². The van der Waals surface area contributed by atoms with Gasteiger partial charge in [0, 0.05) is 25.7 Å². The van der Waals surface area contributed by atoms with Crippen molar-refractivity contribution >= 4 is 12.4 Å². The Morgan fingerprint density at radius 1 is 1.25 bits per heavy atom. The van der Waals surface area contributed by atoms with Crippen LogP contribution >= 0.6 is 0 Å². The van der Waals surface area contributed by atoms with Crippen molar-refractivity contribution in [3.8, 4) is 0 Å². The minimum Gasteiger partial charge on any atom is -0.289 e. The number of nitrogens with one attached hydrogen (secondary N) is 3. The molecule has 0 aliphatic carbocycles. The predicted molar refractivity (Wildman–Crippen MR) is 48.3 cm³/mol. The number of nitrogens with zero attached hydrogens (tertiary/aromatic N) is 1. The van der Waals surface area contributed by atoms with E-state index >= 15 is 0 Å². The first-order valence-corrected chi connectivity index (χ1v) is 4.53. The maximum atomic E-state index is 4.37. The molecule has 2 aliphatic rings. The van der Waals surface area contributed by atoms with Gasteiger partial charge in [0.15, 0.2) is 6.17 Å². The number of hydrogen-bond acceptors (Lipinski definition) is 3. The first-order chi connectivity index (χ1) is 5.97. The normalized spacial score (nSPS) is 35.3. The van der Waals surface area contributed by atoms with Gasteiger partial charge in [-0.25, -0.2) is 4.99 Å². The molecule has 2 heterocycles. The van der Waals surface area contributed by atoms with Gasteiger partial charge in [0.2, 0.25) is 6.17 Å². The van der Waals surface area contributed by atoms with E-state index in [2.05, 4.69) is 26.8 Å². The van der Waals surface area contributed by atoms with Crippen molar-refractivity contribution in [3.63, 3.8) is 0 Å². The third-order valence-corrected chi connectivity index (χ3v) is 2.16. The molecule has 0 aromatic rings. The quantitative estimate of drug-likeness (QED) is 0.417. The van der Waals surface area contributed by atoms with E-state index in [-0.39, 0.29) is 12.3 Å². The monoisotopic (exact) mass is 167 g/mol. The SMILES string of the molecule is C1=NC(C2NCCC=[NH+]2)NCC1. The van der Waals surface area contributed by atoms with Crippen molar-refractivity contribution in [2.45, 2.75) is 25.2 Å². The van der Waals surface area contributed by atoms with Gasteiger partial charge in [-0.05, 0) is 6.42 Å². The van der Waals surface area contributed by atoms with Gasteiger partial charge in [-0.3, -0.25) is 15.6 Å². The average molecular weight is 167 g/mol. The van der Waals surface area contributed by atoms with Crippen molar-refractivity contribution in [2.24, 2.45) is 4.99 Å². The Labute approximate surface area is 72.2 Å². The first-order valence-electron chi connectivity index (χ1n) is 4.53. The highest BCUT2D eigenvalue weighted by molar-refractivity contribution is 5.58. The van der Waals surface area contributed by atoms with E-state index in [0.29, 0.717) is 0 Å². The highest BCUT2D eigenvalue weighted by Gasteiger charge is 2.25. The Morgan fingerprint density at radius 2 is 2.17 bits per heavy atom. The second kappa shape index (κ2) is 3.78. The number of hydrogen-bond donors (Lipinski definition) is 3. The third-order valence-electron chi connectivity index (χ3n) is 2.16. The molecule has 0 radical (unpaired) electrons. The lowest BCUT2D eigenvalue weighted by Crippen LogP contribution is -2.87. The summed E-state index contributed by atoms with van der Waals surface area (Å²) in [5.74, 6) is 0. The molecule has 2 atom stereocenters. The van der Waals surface area contributed by atoms with Gasteiger partial charge in [-0.2, -0.15) is 0 Å². The molecule has 66 valence electrons. The lowest BCUT2D eigenvalue weighted by molar-refractivity contribution is -0.516. The average Bonchev–Trinajstić information content (AvgIpc) is 2.21. The summed E-state index contributed by atoms with van der Waals surface area (Å²) in [5.41, 5.74) is 0. The zero-order valence-electron chi connectivity index (χ0n) is 7.09. The topological polar surface area (TPSA) is 50.4 Å². The second-order valence-electron chi connectivity index (χ2n) is 3.11. The largest absolute Gasteiger partial charge is 0.289 e. The fraction of sp³-hybridized carbons (Fsp3) is 0.750. The molecule has 0 spiro atoms. The summed E-state index contributed by atoms with van der Waals surface area (Å²) in [6.45, 7) is 2.08. The maximum absolute atomic E-state index is 4.37. The fourth-order valence-electron chi connectivity index (χ4n) is 1.52. The Kier molecular flexibility index (Phi) is 2.48. The lowest BCUT2D eigenvalue weighted by Gasteiger charge is -2.22. The van der Waals surface area contributed by atoms with E-state index in [1.165, 1.54) is 0 Å². The number of aliphatic imine (C=N–C) groups is 1. The zero-order chi connectivity index (χ0) is 8.23. The second-order valence-corrected chi connectivity index (χ2v) is 3.11. The van der Waals surface area contributed by atoms with Crippen molar-refractivity contribution in [3.05, 3.63) is 0 Å². The highest BCUT2D eigenvalue weighted by Crippen LogP contribution is 1.94. The van der Waals surface area contributed by atoms with Gasteiger partial charge < -0.3 is 0 Å². The highest BCUT2D eigenvalue weighted by atomic mass is 15.2. The van der Waals surface area contributed by atoms with Gasteiger partial charge in [0.1, 0.15) is 6.21 Å². The Bertz CT molecular complexity index is 177. The van der Waals surface area contributed by atoms with Crippen LogP contribution in [0.3, 0.4) is 0 Å². The summed E-state index contributed by atoms with van der Waals surface area (Å²) >= 11 is 0. The van der Waals surface area contributed by atoms with E-state index in [9.17, 15) is 0 Å². The molecular weight excluding hydrogens is 152 g/mol. The molecule has 0 saturated heterocycles. The number of rotatable bonds is 1. The van der Waals surface area contributed by atoms with E-state index in [0.717, 1.165) is 25.9 Å². The van der Waals surface area contributed by atoms with Gasteiger partial charge in [0.25, 0.3) is 0 Å². The third kappa shape index (κ3) is 1.70. The molecule has 0 saturated carbocycles. The minimum absolute atomic E-state index is 0.204. The molecular formula is C8H15N4+. The molecule has 0 aromatic heterocycles. The van der Waals surface area contributed by atoms with Gasteiger partial charge in [0.05, 0.1) is 0 Å². The predicted octanol–water partition coefficient (Wildman–Crippen LogP) is -2.15. The van der Waals surface area contributed by atoms with E-state index in [1.54, 1.807) is 0 Å². The van der Waals surface area contributed by atoms with Crippen LogP contribution in [0.25, 0.3) is 0 Å². The van der Waals surface area contributed by atoms with Crippen LogP contribution in [0, 0.1) is 0 Å². The first kappa shape index (κ1) is 7.89. The summed E-state index contributed by atoms with van der Waals surface area (Å²) in [6.07, 6.45) is 6.72. The molecule has 4 nitrogen and oxygen atoms in total. The van der Waals surface area contributed by atoms with Crippen LogP contribution in [0.1, 0.15) is 12.8 Å². The standard InChI is InChI=1S/C8H14N4/c1-3-9-7(10-4-1)8-11-5-2-6-12-8/h3,5,7-8,10,12H,1-2,4,6H2/p+1. The molecule has 0 fully saturated rings. The molecule has 0 aromatic carbocycles. The maximum Gasteiger partial charge on any atom is 0.240 e. The van der Waals surface area contributed by atoms with Crippen LogP contribution in [0.15, 0.2) is 4.99 Å². The van der Waals surface area contributed by atoms with Crippen molar-refractivity contribution in [1.82, 2.24) is 10.6 Å². The Morgan fingerprint density at radius 3 is 2.83 bits per heavy atom.